The van der Waals surface area contributed by atoms with Crippen molar-refractivity contribution in [1.82, 2.24) is 14.8 Å². The topological polar surface area (TPSA) is 74.8 Å². The van der Waals surface area contributed by atoms with Crippen LogP contribution in [0.1, 0.15) is 16.7 Å². The van der Waals surface area contributed by atoms with E-state index in [-0.39, 0.29) is 11.8 Å². The molecule has 0 spiro atoms. The number of anilines is 1. The maximum Gasteiger partial charge on any atom is 0.246 e. The lowest BCUT2D eigenvalue weighted by Gasteiger charge is -2.27. The second-order valence-corrected chi connectivity index (χ2v) is 7.53. The highest BCUT2D eigenvalue weighted by molar-refractivity contribution is 5.92. The van der Waals surface area contributed by atoms with E-state index in [9.17, 15) is 9.59 Å². The molecule has 4 rings (SSSR count). The van der Waals surface area contributed by atoms with Crippen LogP contribution < -0.4 is 5.32 Å². The van der Waals surface area contributed by atoms with Crippen molar-refractivity contribution in [2.75, 3.05) is 44.7 Å². The summed E-state index contributed by atoms with van der Waals surface area (Å²) in [5.41, 5.74) is 3.34. The van der Waals surface area contributed by atoms with Crippen LogP contribution in [0.15, 0.2) is 48.7 Å². The Bertz CT molecular complexity index is 920. The fourth-order valence-electron chi connectivity index (χ4n) is 3.68. The van der Waals surface area contributed by atoms with Crippen molar-refractivity contribution in [3.63, 3.8) is 0 Å². The molecule has 1 aromatic carbocycles. The van der Waals surface area contributed by atoms with E-state index >= 15 is 0 Å². The van der Waals surface area contributed by atoms with Crippen LogP contribution in [0.2, 0.25) is 0 Å². The van der Waals surface area contributed by atoms with Gasteiger partial charge in [0, 0.05) is 38.5 Å². The maximum absolute atomic E-state index is 12.5. The van der Waals surface area contributed by atoms with Crippen LogP contribution in [0, 0.1) is 0 Å². The zero-order valence-corrected chi connectivity index (χ0v) is 16.9. The van der Waals surface area contributed by atoms with E-state index in [1.165, 1.54) is 11.1 Å². The van der Waals surface area contributed by atoms with Gasteiger partial charge in [0.2, 0.25) is 11.8 Å². The lowest BCUT2D eigenvalue weighted by Crippen LogP contribution is -2.41. The predicted molar refractivity (Wildman–Crippen MR) is 115 cm³/mol. The van der Waals surface area contributed by atoms with E-state index in [1.807, 2.05) is 23.1 Å². The van der Waals surface area contributed by atoms with Gasteiger partial charge in [-0.2, -0.15) is 0 Å². The summed E-state index contributed by atoms with van der Waals surface area (Å²) >= 11 is 0. The van der Waals surface area contributed by atoms with E-state index in [4.69, 9.17) is 4.74 Å². The number of ether oxygens (including phenoxy) is 1. The number of rotatable bonds is 5. The van der Waals surface area contributed by atoms with Gasteiger partial charge >= 0.3 is 0 Å². The van der Waals surface area contributed by atoms with Crippen molar-refractivity contribution >= 4 is 23.7 Å². The van der Waals surface area contributed by atoms with Crippen molar-refractivity contribution in [2.45, 2.75) is 13.0 Å². The van der Waals surface area contributed by atoms with Gasteiger partial charge in [-0.05, 0) is 41.3 Å². The van der Waals surface area contributed by atoms with Gasteiger partial charge in [-0.3, -0.25) is 14.5 Å². The Hall–Kier alpha value is -3.03. The largest absolute Gasteiger partial charge is 0.379 e. The molecule has 1 saturated heterocycles. The molecular weight excluding hydrogens is 380 g/mol. The van der Waals surface area contributed by atoms with Gasteiger partial charge in [-0.1, -0.05) is 24.3 Å². The van der Waals surface area contributed by atoms with Crippen LogP contribution in [-0.2, 0) is 27.3 Å². The summed E-state index contributed by atoms with van der Waals surface area (Å²) in [6.07, 6.45) is 5.88. The minimum absolute atomic E-state index is 0.00704. The molecule has 156 valence electrons. The summed E-state index contributed by atoms with van der Waals surface area (Å²) < 4.78 is 5.29. The van der Waals surface area contributed by atoms with Gasteiger partial charge in [0.1, 0.15) is 5.82 Å². The predicted octanol–water partition coefficient (Wildman–Crippen LogP) is 1.95. The molecule has 1 N–H and O–H groups in total. The summed E-state index contributed by atoms with van der Waals surface area (Å²) in [5.74, 6) is 0.407. The number of morpholine rings is 1. The van der Waals surface area contributed by atoms with Crippen LogP contribution in [0.4, 0.5) is 5.82 Å². The molecule has 2 aromatic rings. The third-order valence-corrected chi connectivity index (χ3v) is 5.39. The Balaban J connectivity index is 1.28. The van der Waals surface area contributed by atoms with Gasteiger partial charge in [-0.25, -0.2) is 4.98 Å². The van der Waals surface area contributed by atoms with Crippen LogP contribution in [0.5, 0.6) is 0 Å². The highest BCUT2D eigenvalue weighted by Gasteiger charge is 2.18. The summed E-state index contributed by atoms with van der Waals surface area (Å²) in [6.45, 7) is 4.56. The molecule has 0 atom stereocenters. The molecule has 0 aliphatic carbocycles. The molecule has 0 radical (unpaired) electrons. The van der Waals surface area contributed by atoms with Crippen LogP contribution in [-0.4, -0.2) is 66.0 Å². The van der Waals surface area contributed by atoms with Crippen molar-refractivity contribution in [3.8, 4) is 0 Å². The minimum Gasteiger partial charge on any atom is -0.379 e. The molecule has 3 heterocycles. The molecular formula is C23H26N4O3. The van der Waals surface area contributed by atoms with Crippen LogP contribution in [0.25, 0.3) is 6.08 Å². The first-order valence-electron chi connectivity index (χ1n) is 10.3. The number of amides is 2. The smallest absolute Gasteiger partial charge is 0.246 e. The van der Waals surface area contributed by atoms with Crippen LogP contribution in [0.3, 0.4) is 0 Å². The molecule has 1 aromatic heterocycles. The average molecular weight is 406 g/mol. The molecule has 7 nitrogen and oxygen atoms in total. The molecule has 2 aliphatic rings. The number of nitrogens with zero attached hydrogens (tertiary/aromatic N) is 3. The van der Waals surface area contributed by atoms with Crippen LogP contribution >= 0.6 is 0 Å². The number of carbonyl (C=O) groups excluding carboxylic acids is 2. The van der Waals surface area contributed by atoms with Gasteiger partial charge in [0.15, 0.2) is 0 Å². The third-order valence-electron chi connectivity index (χ3n) is 5.39. The lowest BCUT2D eigenvalue weighted by molar-refractivity contribution is -0.126. The van der Waals surface area contributed by atoms with E-state index in [1.54, 1.807) is 24.4 Å². The molecule has 2 aliphatic heterocycles. The Morgan fingerprint density at radius 1 is 1.07 bits per heavy atom. The number of carbonyl (C=O) groups is 2. The average Bonchev–Trinajstić information content (AvgIpc) is 2.78. The number of fused-ring (bicyclic) bond motifs is 1. The first-order valence-corrected chi connectivity index (χ1v) is 10.3. The zero-order chi connectivity index (χ0) is 20.8. The maximum atomic E-state index is 12.5. The first kappa shape index (κ1) is 20.3. The summed E-state index contributed by atoms with van der Waals surface area (Å²) in [4.78, 5) is 32.9. The minimum atomic E-state index is -0.0896. The second-order valence-electron chi connectivity index (χ2n) is 7.53. The first-order chi connectivity index (χ1) is 14.7. The fourth-order valence-corrected chi connectivity index (χ4v) is 3.68. The van der Waals surface area contributed by atoms with E-state index in [0.717, 1.165) is 31.6 Å². The highest BCUT2D eigenvalue weighted by Crippen LogP contribution is 2.19. The number of hydrogen-bond acceptors (Lipinski definition) is 5. The van der Waals surface area contributed by atoms with Gasteiger partial charge in [-0.15, -0.1) is 0 Å². The molecule has 0 unspecified atom stereocenters. The van der Waals surface area contributed by atoms with Gasteiger partial charge in [0.05, 0.1) is 19.8 Å². The molecule has 1 fully saturated rings. The SMILES string of the molecule is O=C(CN1CCOCC1)Nc1ccc(/C=C/C(=O)N2CCc3ccccc3C2)cn1. The van der Waals surface area contributed by atoms with Crippen molar-refractivity contribution in [3.05, 3.63) is 65.4 Å². The highest BCUT2D eigenvalue weighted by atomic mass is 16.5. The Labute approximate surface area is 176 Å². The molecule has 0 saturated carbocycles. The summed E-state index contributed by atoms with van der Waals surface area (Å²) in [6, 6.07) is 11.8. The van der Waals surface area contributed by atoms with E-state index < -0.39 is 0 Å². The standard InChI is InChI=1S/C23H26N4O3/c28-22(17-26-11-13-30-14-12-26)25-21-7-5-18(15-24-21)6-8-23(29)27-10-9-19-3-1-2-4-20(19)16-27/h1-8,15H,9-14,16-17H2,(H,24,25,28)/b8-6+. The Morgan fingerprint density at radius 3 is 2.63 bits per heavy atom. The molecule has 7 heteroatoms. The van der Waals surface area contributed by atoms with Gasteiger partial charge < -0.3 is 15.0 Å². The summed E-state index contributed by atoms with van der Waals surface area (Å²) in [7, 11) is 0. The summed E-state index contributed by atoms with van der Waals surface area (Å²) in [5, 5.41) is 2.81. The number of aromatic nitrogens is 1. The van der Waals surface area contributed by atoms with Crippen molar-refractivity contribution in [1.29, 1.82) is 0 Å². The Kier molecular flexibility index (Phi) is 6.51. The number of pyridine rings is 1. The fraction of sp³-hybridized carbons (Fsp3) is 0.348. The quantitative estimate of drug-likeness (QED) is 0.769. The van der Waals surface area contributed by atoms with E-state index in [0.29, 0.717) is 32.1 Å². The monoisotopic (exact) mass is 406 g/mol. The van der Waals surface area contributed by atoms with E-state index in [2.05, 4.69) is 27.3 Å². The second kappa shape index (κ2) is 9.65. The van der Waals surface area contributed by atoms with Gasteiger partial charge in [0.25, 0.3) is 0 Å². The number of hydrogen-bond donors (Lipinski definition) is 1. The zero-order valence-electron chi connectivity index (χ0n) is 16.9. The molecule has 30 heavy (non-hydrogen) atoms. The number of benzene rings is 1. The Morgan fingerprint density at radius 2 is 1.87 bits per heavy atom. The lowest BCUT2D eigenvalue weighted by atomic mass is 10.00. The normalized spacial score (nSPS) is 17.0. The molecule has 2 amide bonds. The number of nitrogens with one attached hydrogen (secondary N) is 1. The molecule has 0 bridgehead atoms. The van der Waals surface area contributed by atoms with Crippen molar-refractivity contribution < 1.29 is 14.3 Å². The van der Waals surface area contributed by atoms with Crippen molar-refractivity contribution in [2.24, 2.45) is 0 Å². The third kappa shape index (κ3) is 5.31.